The SMILES string of the molecule is C=CCC(c1ccccc1)c1nccn1C.Cl. The number of allylic oxidation sites excluding steroid dienone is 1. The lowest BCUT2D eigenvalue weighted by Gasteiger charge is -2.15. The van der Waals surface area contributed by atoms with Gasteiger partial charge in [-0.3, -0.25) is 0 Å². The number of hydrogen-bond donors (Lipinski definition) is 0. The van der Waals surface area contributed by atoms with Gasteiger partial charge in [0, 0.05) is 25.4 Å². The van der Waals surface area contributed by atoms with Crippen molar-refractivity contribution in [3.05, 3.63) is 66.8 Å². The maximum atomic E-state index is 4.43. The van der Waals surface area contributed by atoms with Crippen LogP contribution in [-0.4, -0.2) is 9.55 Å². The third-order valence-electron chi connectivity index (χ3n) is 2.77. The van der Waals surface area contributed by atoms with Crippen molar-refractivity contribution < 1.29 is 0 Å². The number of nitrogens with zero attached hydrogens (tertiary/aromatic N) is 2. The number of aromatic nitrogens is 2. The maximum absolute atomic E-state index is 4.43. The molecule has 0 fully saturated rings. The molecule has 0 saturated heterocycles. The van der Waals surface area contributed by atoms with Gasteiger partial charge in [-0.25, -0.2) is 4.98 Å². The number of benzene rings is 1. The van der Waals surface area contributed by atoms with Crippen molar-refractivity contribution in [3.63, 3.8) is 0 Å². The van der Waals surface area contributed by atoms with E-state index in [1.807, 2.05) is 31.6 Å². The summed E-state index contributed by atoms with van der Waals surface area (Å²) in [5.74, 6) is 1.39. The Bertz CT molecular complexity index is 462. The van der Waals surface area contributed by atoms with Gasteiger partial charge in [0.1, 0.15) is 5.82 Å². The van der Waals surface area contributed by atoms with Gasteiger partial charge in [0.15, 0.2) is 0 Å². The minimum absolute atomic E-state index is 0. The minimum atomic E-state index is 0. The van der Waals surface area contributed by atoms with Crippen LogP contribution in [0.5, 0.6) is 0 Å². The fourth-order valence-electron chi connectivity index (χ4n) is 1.96. The summed E-state index contributed by atoms with van der Waals surface area (Å²) < 4.78 is 2.07. The van der Waals surface area contributed by atoms with Gasteiger partial charge in [0.05, 0.1) is 0 Å². The van der Waals surface area contributed by atoms with E-state index in [9.17, 15) is 0 Å². The summed E-state index contributed by atoms with van der Waals surface area (Å²) >= 11 is 0. The van der Waals surface area contributed by atoms with E-state index < -0.39 is 0 Å². The van der Waals surface area contributed by atoms with Gasteiger partial charge in [-0.1, -0.05) is 36.4 Å². The van der Waals surface area contributed by atoms with Crippen molar-refractivity contribution in [2.45, 2.75) is 12.3 Å². The standard InChI is InChI=1S/C14H16N2.ClH/c1-3-7-13(12-8-5-4-6-9-12)14-15-10-11-16(14)2;/h3-6,8-11,13H,1,7H2,2H3;1H. The minimum Gasteiger partial charge on any atom is -0.337 e. The largest absolute Gasteiger partial charge is 0.337 e. The molecule has 2 rings (SSSR count). The second-order valence-electron chi connectivity index (χ2n) is 3.88. The van der Waals surface area contributed by atoms with E-state index in [-0.39, 0.29) is 12.4 Å². The van der Waals surface area contributed by atoms with Crippen LogP contribution in [0.1, 0.15) is 23.7 Å². The number of halogens is 1. The average molecular weight is 249 g/mol. The van der Waals surface area contributed by atoms with Gasteiger partial charge in [0.2, 0.25) is 0 Å². The molecule has 1 unspecified atom stereocenters. The third kappa shape index (κ3) is 2.98. The Morgan fingerprint density at radius 3 is 2.59 bits per heavy atom. The van der Waals surface area contributed by atoms with E-state index in [4.69, 9.17) is 0 Å². The van der Waals surface area contributed by atoms with Crippen molar-refractivity contribution >= 4 is 12.4 Å². The zero-order chi connectivity index (χ0) is 11.4. The quantitative estimate of drug-likeness (QED) is 0.757. The van der Waals surface area contributed by atoms with Crippen LogP contribution in [0, 0.1) is 0 Å². The lowest BCUT2D eigenvalue weighted by Crippen LogP contribution is -2.07. The molecule has 3 heteroatoms. The summed E-state index contributed by atoms with van der Waals surface area (Å²) in [6.07, 6.45) is 6.68. The van der Waals surface area contributed by atoms with E-state index in [0.29, 0.717) is 5.92 Å². The molecule has 1 atom stereocenters. The first-order valence-electron chi connectivity index (χ1n) is 5.46. The van der Waals surface area contributed by atoms with E-state index in [0.717, 1.165) is 12.2 Å². The van der Waals surface area contributed by atoms with Gasteiger partial charge in [-0.15, -0.1) is 19.0 Å². The topological polar surface area (TPSA) is 17.8 Å². The van der Waals surface area contributed by atoms with Crippen molar-refractivity contribution in [1.82, 2.24) is 9.55 Å². The van der Waals surface area contributed by atoms with E-state index in [1.54, 1.807) is 0 Å². The van der Waals surface area contributed by atoms with Crippen molar-refractivity contribution in [2.24, 2.45) is 7.05 Å². The molecule has 1 aromatic heterocycles. The number of hydrogen-bond acceptors (Lipinski definition) is 1. The predicted octanol–water partition coefficient (Wildman–Crippen LogP) is 3.55. The summed E-state index contributed by atoms with van der Waals surface area (Å²) in [6.45, 7) is 3.83. The summed E-state index contributed by atoms with van der Waals surface area (Å²) in [4.78, 5) is 4.43. The Morgan fingerprint density at radius 1 is 1.35 bits per heavy atom. The first kappa shape index (κ1) is 13.5. The lowest BCUT2D eigenvalue weighted by molar-refractivity contribution is 0.700. The molecule has 2 nitrogen and oxygen atoms in total. The molecule has 90 valence electrons. The molecule has 1 heterocycles. The molecule has 1 aromatic carbocycles. The average Bonchev–Trinajstić information content (AvgIpc) is 2.73. The zero-order valence-corrected chi connectivity index (χ0v) is 10.7. The first-order valence-corrected chi connectivity index (χ1v) is 5.46. The Balaban J connectivity index is 0.00000144. The lowest BCUT2D eigenvalue weighted by atomic mass is 9.95. The van der Waals surface area contributed by atoms with Crippen molar-refractivity contribution in [2.75, 3.05) is 0 Å². The highest BCUT2D eigenvalue weighted by molar-refractivity contribution is 5.85. The smallest absolute Gasteiger partial charge is 0.116 e. The third-order valence-corrected chi connectivity index (χ3v) is 2.77. The van der Waals surface area contributed by atoms with Crippen LogP contribution in [0.2, 0.25) is 0 Å². The molecule has 0 saturated carbocycles. The van der Waals surface area contributed by atoms with Crippen LogP contribution in [0.25, 0.3) is 0 Å². The predicted molar refractivity (Wildman–Crippen MR) is 73.6 cm³/mol. The monoisotopic (exact) mass is 248 g/mol. The zero-order valence-electron chi connectivity index (χ0n) is 9.91. The van der Waals surface area contributed by atoms with Gasteiger partial charge < -0.3 is 4.57 Å². The highest BCUT2D eigenvalue weighted by Crippen LogP contribution is 2.26. The van der Waals surface area contributed by atoms with Crippen LogP contribution in [0.3, 0.4) is 0 Å². The first-order chi connectivity index (χ1) is 7.83. The van der Waals surface area contributed by atoms with Crippen LogP contribution in [0.4, 0.5) is 0 Å². The second-order valence-corrected chi connectivity index (χ2v) is 3.88. The number of rotatable bonds is 4. The number of imidazole rings is 1. The van der Waals surface area contributed by atoms with Gasteiger partial charge in [-0.05, 0) is 12.0 Å². The molecule has 0 N–H and O–H groups in total. The normalized spacial score (nSPS) is 11.6. The molecule has 0 spiro atoms. The van der Waals surface area contributed by atoms with Crippen LogP contribution < -0.4 is 0 Å². The summed E-state index contributed by atoms with van der Waals surface area (Å²) in [5, 5.41) is 0. The van der Waals surface area contributed by atoms with Crippen LogP contribution >= 0.6 is 12.4 Å². The molecular formula is C14H17ClN2. The second kappa shape index (κ2) is 6.26. The fourth-order valence-corrected chi connectivity index (χ4v) is 1.96. The Kier molecular flexibility index (Phi) is 4.98. The molecule has 2 aromatic rings. The molecule has 17 heavy (non-hydrogen) atoms. The Morgan fingerprint density at radius 2 is 2.06 bits per heavy atom. The van der Waals surface area contributed by atoms with Crippen LogP contribution in [0.15, 0.2) is 55.4 Å². The summed E-state index contributed by atoms with van der Waals surface area (Å²) in [6, 6.07) is 10.4. The fraction of sp³-hybridized carbons (Fsp3) is 0.214. The van der Waals surface area contributed by atoms with Gasteiger partial charge >= 0.3 is 0 Å². The molecule has 0 aliphatic rings. The molecule has 0 amide bonds. The van der Waals surface area contributed by atoms with E-state index >= 15 is 0 Å². The maximum Gasteiger partial charge on any atom is 0.116 e. The summed E-state index contributed by atoms with van der Waals surface area (Å²) in [7, 11) is 2.03. The highest BCUT2D eigenvalue weighted by Gasteiger charge is 2.16. The summed E-state index contributed by atoms with van der Waals surface area (Å²) in [5.41, 5.74) is 1.29. The molecular weight excluding hydrogens is 232 g/mol. The van der Waals surface area contributed by atoms with Gasteiger partial charge in [0.25, 0.3) is 0 Å². The highest BCUT2D eigenvalue weighted by atomic mass is 35.5. The molecule has 0 aliphatic heterocycles. The Labute approximate surface area is 108 Å². The van der Waals surface area contributed by atoms with Crippen molar-refractivity contribution in [1.29, 1.82) is 0 Å². The molecule has 0 radical (unpaired) electrons. The van der Waals surface area contributed by atoms with Crippen molar-refractivity contribution in [3.8, 4) is 0 Å². The van der Waals surface area contributed by atoms with E-state index in [1.165, 1.54) is 5.56 Å². The van der Waals surface area contributed by atoms with Gasteiger partial charge in [-0.2, -0.15) is 0 Å². The molecule has 0 aliphatic carbocycles. The van der Waals surface area contributed by atoms with E-state index in [2.05, 4.69) is 40.4 Å². The van der Waals surface area contributed by atoms with Crippen LogP contribution in [-0.2, 0) is 7.05 Å². The Hall–Kier alpha value is -1.54. The number of aryl methyl sites for hydroxylation is 1. The molecule has 0 bridgehead atoms.